The van der Waals surface area contributed by atoms with E-state index >= 15 is 0 Å². The number of hydrogen-bond donors (Lipinski definition) is 1. The Balaban J connectivity index is 2.04. The van der Waals surface area contributed by atoms with Crippen LogP contribution in [-0.2, 0) is 0 Å². The Morgan fingerprint density at radius 3 is 2.83 bits per heavy atom. The molecule has 0 radical (unpaired) electrons. The summed E-state index contributed by atoms with van der Waals surface area (Å²) in [4.78, 5) is 16.1. The molecular formula is C12H8N6. The molecule has 0 saturated carbocycles. The predicted octanol–water partition coefficient (Wildman–Crippen LogP) is 1.67. The quantitative estimate of drug-likeness (QED) is 0.545. The molecule has 0 fully saturated rings. The zero-order chi connectivity index (χ0) is 11.9. The molecule has 4 aromatic rings. The number of rotatable bonds is 1. The van der Waals surface area contributed by atoms with Crippen LogP contribution < -0.4 is 0 Å². The van der Waals surface area contributed by atoms with E-state index in [0.29, 0.717) is 5.65 Å². The van der Waals surface area contributed by atoms with Crippen molar-refractivity contribution in [2.45, 2.75) is 0 Å². The lowest BCUT2D eigenvalue weighted by Crippen LogP contribution is -1.90. The van der Waals surface area contributed by atoms with Crippen molar-refractivity contribution in [3.8, 4) is 11.4 Å². The number of benzene rings is 1. The predicted molar refractivity (Wildman–Crippen MR) is 65.9 cm³/mol. The van der Waals surface area contributed by atoms with Gasteiger partial charge >= 0.3 is 0 Å². The number of nitrogens with zero attached hydrogens (tertiary/aromatic N) is 5. The van der Waals surface area contributed by atoms with Crippen molar-refractivity contribution in [3.05, 3.63) is 43.0 Å². The molecule has 6 nitrogen and oxygen atoms in total. The van der Waals surface area contributed by atoms with Crippen molar-refractivity contribution in [2.75, 3.05) is 0 Å². The minimum absolute atomic E-state index is 0.648. The molecule has 1 N–H and O–H groups in total. The molecule has 86 valence electrons. The fourth-order valence-corrected chi connectivity index (χ4v) is 1.97. The van der Waals surface area contributed by atoms with Gasteiger partial charge < -0.3 is 4.98 Å². The van der Waals surface area contributed by atoms with Crippen LogP contribution in [0.1, 0.15) is 0 Å². The Kier molecular flexibility index (Phi) is 1.74. The maximum absolute atomic E-state index is 4.46. The molecule has 4 rings (SSSR count). The van der Waals surface area contributed by atoms with Gasteiger partial charge in [-0.3, -0.25) is 0 Å². The van der Waals surface area contributed by atoms with Crippen LogP contribution in [0.15, 0.2) is 43.0 Å². The van der Waals surface area contributed by atoms with Crippen molar-refractivity contribution in [1.29, 1.82) is 0 Å². The monoisotopic (exact) mass is 236 g/mol. The van der Waals surface area contributed by atoms with Crippen molar-refractivity contribution in [2.24, 2.45) is 0 Å². The minimum atomic E-state index is 0.648. The van der Waals surface area contributed by atoms with Gasteiger partial charge in [-0.1, -0.05) is 30.3 Å². The summed E-state index contributed by atoms with van der Waals surface area (Å²) in [5.74, 6) is 0.786. The molecule has 0 saturated heterocycles. The van der Waals surface area contributed by atoms with Gasteiger partial charge in [0.1, 0.15) is 24.0 Å². The van der Waals surface area contributed by atoms with Crippen molar-refractivity contribution >= 4 is 16.8 Å². The number of nitrogens with one attached hydrogen (secondary N) is 1. The summed E-state index contributed by atoms with van der Waals surface area (Å²) in [6, 6.07) is 9.92. The average molecular weight is 236 g/mol. The van der Waals surface area contributed by atoms with Crippen molar-refractivity contribution in [1.82, 2.24) is 29.5 Å². The normalized spacial score (nSPS) is 11.3. The van der Waals surface area contributed by atoms with Gasteiger partial charge in [0.2, 0.25) is 0 Å². The Bertz CT molecular complexity index is 829. The largest absolute Gasteiger partial charge is 0.333 e. The lowest BCUT2D eigenvalue weighted by molar-refractivity contribution is 0.931. The second kappa shape index (κ2) is 3.36. The topological polar surface area (TPSA) is 71.8 Å². The van der Waals surface area contributed by atoms with Crippen LogP contribution in [0.2, 0.25) is 0 Å². The maximum Gasteiger partial charge on any atom is 0.184 e. The van der Waals surface area contributed by atoms with E-state index in [0.717, 1.165) is 22.6 Å². The number of aromatic nitrogens is 6. The van der Waals surface area contributed by atoms with E-state index in [1.165, 1.54) is 6.33 Å². The molecule has 0 amide bonds. The minimum Gasteiger partial charge on any atom is -0.333 e. The fraction of sp³-hybridized carbons (Fsp3) is 0. The first-order valence-corrected chi connectivity index (χ1v) is 5.51. The lowest BCUT2D eigenvalue weighted by atomic mass is 10.2. The van der Waals surface area contributed by atoms with Crippen LogP contribution >= 0.6 is 0 Å². The first kappa shape index (κ1) is 9.29. The fourth-order valence-electron chi connectivity index (χ4n) is 1.97. The molecule has 0 aliphatic heterocycles. The third kappa shape index (κ3) is 1.22. The summed E-state index contributed by atoms with van der Waals surface area (Å²) >= 11 is 0. The van der Waals surface area contributed by atoms with E-state index in [1.807, 2.05) is 30.3 Å². The van der Waals surface area contributed by atoms with Gasteiger partial charge in [-0.2, -0.15) is 5.10 Å². The molecule has 0 atom stereocenters. The standard InChI is InChI=1S/C12H8N6/c1-2-4-8(5-3-1)10-16-9-11(17-10)14-7-18-12(9)13-6-15-18/h1-7H,(H,16,17). The Morgan fingerprint density at radius 2 is 1.94 bits per heavy atom. The van der Waals surface area contributed by atoms with Crippen LogP contribution in [-0.4, -0.2) is 29.5 Å². The van der Waals surface area contributed by atoms with E-state index < -0.39 is 0 Å². The van der Waals surface area contributed by atoms with Crippen molar-refractivity contribution < 1.29 is 0 Å². The van der Waals surface area contributed by atoms with E-state index in [9.17, 15) is 0 Å². The summed E-state index contributed by atoms with van der Waals surface area (Å²) in [5.41, 5.74) is 3.20. The molecule has 0 spiro atoms. The van der Waals surface area contributed by atoms with Gasteiger partial charge in [-0.15, -0.1) is 0 Å². The second-order valence-corrected chi connectivity index (χ2v) is 3.92. The number of aromatic amines is 1. The highest BCUT2D eigenvalue weighted by Gasteiger charge is 2.10. The summed E-state index contributed by atoms with van der Waals surface area (Å²) in [5, 5.41) is 4.05. The third-order valence-corrected chi connectivity index (χ3v) is 2.82. The van der Waals surface area contributed by atoms with Gasteiger partial charge in [-0.25, -0.2) is 19.5 Å². The SMILES string of the molecule is c1ccc(-c2nc3ncn4ncnc4c3[nH]2)cc1. The van der Waals surface area contributed by atoms with E-state index in [2.05, 4.69) is 25.0 Å². The van der Waals surface area contributed by atoms with E-state index in [-0.39, 0.29) is 0 Å². The molecule has 3 heterocycles. The number of H-pyrrole nitrogens is 1. The van der Waals surface area contributed by atoms with Crippen LogP contribution in [0.4, 0.5) is 0 Å². The third-order valence-electron chi connectivity index (χ3n) is 2.82. The van der Waals surface area contributed by atoms with Crippen molar-refractivity contribution in [3.63, 3.8) is 0 Å². The van der Waals surface area contributed by atoms with Crippen LogP contribution in [0.5, 0.6) is 0 Å². The highest BCUT2D eigenvalue weighted by molar-refractivity contribution is 5.87. The molecule has 0 bridgehead atoms. The number of fused-ring (bicyclic) bond motifs is 3. The average Bonchev–Trinajstić information content (AvgIpc) is 3.05. The van der Waals surface area contributed by atoms with Gasteiger partial charge in [0.15, 0.2) is 11.3 Å². The lowest BCUT2D eigenvalue weighted by Gasteiger charge is -1.93. The molecule has 0 unspecified atom stereocenters. The highest BCUT2D eigenvalue weighted by Crippen LogP contribution is 2.20. The highest BCUT2D eigenvalue weighted by atomic mass is 15.3. The molecule has 6 heteroatoms. The molecule has 0 aliphatic rings. The maximum atomic E-state index is 4.46. The summed E-state index contributed by atoms with van der Waals surface area (Å²) in [6.07, 6.45) is 3.11. The first-order chi connectivity index (χ1) is 8.92. The number of imidazole rings is 1. The molecular weight excluding hydrogens is 228 g/mol. The molecule has 3 aromatic heterocycles. The zero-order valence-corrected chi connectivity index (χ0v) is 9.28. The summed E-state index contributed by atoms with van der Waals surface area (Å²) in [7, 11) is 0. The summed E-state index contributed by atoms with van der Waals surface area (Å²) in [6.45, 7) is 0. The van der Waals surface area contributed by atoms with Gasteiger partial charge in [0.05, 0.1) is 0 Å². The van der Waals surface area contributed by atoms with Crippen LogP contribution in [0, 0.1) is 0 Å². The zero-order valence-electron chi connectivity index (χ0n) is 9.28. The van der Waals surface area contributed by atoms with E-state index in [4.69, 9.17) is 0 Å². The van der Waals surface area contributed by atoms with E-state index in [1.54, 1.807) is 10.8 Å². The second-order valence-electron chi connectivity index (χ2n) is 3.92. The molecule has 1 aromatic carbocycles. The van der Waals surface area contributed by atoms with Gasteiger partial charge in [0, 0.05) is 5.56 Å². The van der Waals surface area contributed by atoms with Gasteiger partial charge in [-0.05, 0) is 0 Å². The van der Waals surface area contributed by atoms with Crippen LogP contribution in [0.3, 0.4) is 0 Å². The Labute approximate surface area is 101 Å². The number of hydrogen-bond acceptors (Lipinski definition) is 4. The Morgan fingerprint density at radius 1 is 1.06 bits per heavy atom. The molecule has 18 heavy (non-hydrogen) atoms. The molecule has 0 aliphatic carbocycles. The van der Waals surface area contributed by atoms with Crippen LogP contribution in [0.25, 0.3) is 28.2 Å². The van der Waals surface area contributed by atoms with Gasteiger partial charge in [0.25, 0.3) is 0 Å². The first-order valence-electron chi connectivity index (χ1n) is 5.51. The summed E-state index contributed by atoms with van der Waals surface area (Å²) < 4.78 is 1.62. The Hall–Kier alpha value is -2.76. The smallest absolute Gasteiger partial charge is 0.184 e.